The van der Waals surface area contributed by atoms with E-state index in [2.05, 4.69) is 18.7 Å². The summed E-state index contributed by atoms with van der Waals surface area (Å²) in [4.78, 5) is 13.0. The van der Waals surface area contributed by atoms with Crippen LogP contribution in [0.4, 0.5) is 0 Å². The van der Waals surface area contributed by atoms with Gasteiger partial charge >= 0.3 is 5.97 Å². The summed E-state index contributed by atoms with van der Waals surface area (Å²) in [7, 11) is 0. The van der Waals surface area contributed by atoms with Gasteiger partial charge in [-0.15, -0.1) is 0 Å². The van der Waals surface area contributed by atoms with Crippen molar-refractivity contribution in [2.24, 2.45) is 11.8 Å². The quantitative estimate of drug-likeness (QED) is 0.754. The molecule has 1 heterocycles. The zero-order valence-corrected chi connectivity index (χ0v) is 9.36. The van der Waals surface area contributed by atoms with E-state index in [9.17, 15) is 4.79 Å². The molecular formula is C11H21NO2. The maximum Gasteiger partial charge on any atom is 0.307 e. The van der Waals surface area contributed by atoms with E-state index in [1.807, 2.05) is 0 Å². The summed E-state index contributed by atoms with van der Waals surface area (Å²) >= 11 is 0. The lowest BCUT2D eigenvalue weighted by Gasteiger charge is -2.37. The average Bonchev–Trinajstić information content (AvgIpc) is 2.11. The van der Waals surface area contributed by atoms with Gasteiger partial charge in [-0.3, -0.25) is 9.69 Å². The number of carboxylic acid groups (broad SMARTS) is 1. The molecule has 0 radical (unpaired) electrons. The maximum absolute atomic E-state index is 10.7. The fourth-order valence-corrected chi connectivity index (χ4v) is 2.06. The number of nitrogens with zero attached hydrogens (tertiary/aromatic N) is 1. The van der Waals surface area contributed by atoms with E-state index >= 15 is 0 Å². The first kappa shape index (κ1) is 11.5. The van der Waals surface area contributed by atoms with Gasteiger partial charge in [-0.1, -0.05) is 13.8 Å². The third kappa shape index (κ3) is 2.98. The molecule has 0 amide bonds. The first-order valence-electron chi connectivity index (χ1n) is 5.47. The molecule has 0 saturated carbocycles. The summed E-state index contributed by atoms with van der Waals surface area (Å²) in [5, 5.41) is 8.84. The van der Waals surface area contributed by atoms with Crippen LogP contribution in [0.25, 0.3) is 0 Å². The molecule has 14 heavy (non-hydrogen) atoms. The van der Waals surface area contributed by atoms with Crippen LogP contribution in [0.2, 0.25) is 0 Å². The Bertz CT molecular complexity index is 205. The second-order valence-electron chi connectivity index (χ2n) is 4.72. The average molecular weight is 199 g/mol. The Hall–Kier alpha value is -0.570. The monoisotopic (exact) mass is 199 g/mol. The zero-order valence-electron chi connectivity index (χ0n) is 9.36. The van der Waals surface area contributed by atoms with Crippen LogP contribution in [0, 0.1) is 11.8 Å². The van der Waals surface area contributed by atoms with E-state index in [1.54, 1.807) is 6.92 Å². The number of aliphatic carboxylic acids is 1. The Morgan fingerprint density at radius 2 is 2.14 bits per heavy atom. The van der Waals surface area contributed by atoms with Gasteiger partial charge in [0.2, 0.25) is 0 Å². The van der Waals surface area contributed by atoms with Crippen molar-refractivity contribution >= 4 is 5.97 Å². The van der Waals surface area contributed by atoms with Crippen LogP contribution in [-0.2, 0) is 4.79 Å². The SMILES string of the molecule is CC1CCC(C)N(CC(C)C(=O)O)C1. The van der Waals surface area contributed by atoms with Gasteiger partial charge in [-0.05, 0) is 25.7 Å². The van der Waals surface area contributed by atoms with E-state index in [0.717, 1.165) is 6.54 Å². The Morgan fingerprint density at radius 3 is 2.71 bits per heavy atom. The predicted octanol–water partition coefficient (Wildman–Crippen LogP) is 1.83. The van der Waals surface area contributed by atoms with Crippen LogP contribution in [-0.4, -0.2) is 35.1 Å². The lowest BCUT2D eigenvalue weighted by atomic mass is 9.94. The third-order valence-corrected chi connectivity index (χ3v) is 3.18. The molecule has 0 bridgehead atoms. The van der Waals surface area contributed by atoms with Crippen molar-refractivity contribution < 1.29 is 9.90 Å². The zero-order chi connectivity index (χ0) is 10.7. The van der Waals surface area contributed by atoms with E-state index in [0.29, 0.717) is 18.5 Å². The van der Waals surface area contributed by atoms with Gasteiger partial charge in [0.1, 0.15) is 0 Å². The highest BCUT2D eigenvalue weighted by Gasteiger charge is 2.25. The minimum absolute atomic E-state index is 0.247. The molecule has 82 valence electrons. The summed E-state index contributed by atoms with van der Waals surface area (Å²) < 4.78 is 0. The van der Waals surface area contributed by atoms with E-state index in [-0.39, 0.29) is 5.92 Å². The molecule has 0 spiro atoms. The Balaban J connectivity index is 2.45. The summed E-state index contributed by atoms with van der Waals surface area (Å²) in [6.07, 6.45) is 2.48. The van der Waals surface area contributed by atoms with Gasteiger partial charge in [0.15, 0.2) is 0 Å². The van der Waals surface area contributed by atoms with E-state index in [4.69, 9.17) is 5.11 Å². The largest absolute Gasteiger partial charge is 0.481 e. The van der Waals surface area contributed by atoms with Gasteiger partial charge in [0.05, 0.1) is 5.92 Å². The van der Waals surface area contributed by atoms with Crippen LogP contribution in [0.3, 0.4) is 0 Å². The number of hydrogen-bond acceptors (Lipinski definition) is 2. The van der Waals surface area contributed by atoms with Crippen LogP contribution < -0.4 is 0 Å². The summed E-state index contributed by atoms with van der Waals surface area (Å²) in [5.41, 5.74) is 0. The highest BCUT2D eigenvalue weighted by Crippen LogP contribution is 2.22. The summed E-state index contributed by atoms with van der Waals surface area (Å²) in [5.74, 6) is -0.217. The van der Waals surface area contributed by atoms with Gasteiger partial charge in [-0.2, -0.15) is 0 Å². The van der Waals surface area contributed by atoms with Crippen molar-refractivity contribution in [3.8, 4) is 0 Å². The lowest BCUT2D eigenvalue weighted by molar-refractivity contribution is -0.142. The molecule has 3 unspecified atom stereocenters. The molecule has 0 aromatic carbocycles. The van der Waals surface area contributed by atoms with Gasteiger partial charge in [0.25, 0.3) is 0 Å². The van der Waals surface area contributed by atoms with Crippen molar-refractivity contribution in [3.05, 3.63) is 0 Å². The normalized spacial score (nSPS) is 31.4. The molecule has 1 fully saturated rings. The minimum Gasteiger partial charge on any atom is -0.481 e. The molecule has 0 aliphatic carbocycles. The molecule has 1 N–H and O–H groups in total. The predicted molar refractivity (Wildman–Crippen MR) is 56.2 cm³/mol. The van der Waals surface area contributed by atoms with Crippen LogP contribution in [0.1, 0.15) is 33.6 Å². The van der Waals surface area contributed by atoms with Crippen LogP contribution in [0.5, 0.6) is 0 Å². The molecule has 1 aliphatic heterocycles. The molecule has 1 aliphatic rings. The van der Waals surface area contributed by atoms with Crippen molar-refractivity contribution in [3.63, 3.8) is 0 Å². The van der Waals surface area contributed by atoms with Gasteiger partial charge in [-0.25, -0.2) is 0 Å². The standard InChI is InChI=1S/C11H21NO2/c1-8-4-5-10(3)12(6-8)7-9(2)11(13)14/h8-10H,4-7H2,1-3H3,(H,13,14). The van der Waals surface area contributed by atoms with E-state index < -0.39 is 5.97 Å². The Morgan fingerprint density at radius 1 is 1.50 bits per heavy atom. The molecular weight excluding hydrogens is 178 g/mol. The number of hydrogen-bond donors (Lipinski definition) is 1. The maximum atomic E-state index is 10.7. The second kappa shape index (κ2) is 4.78. The number of carboxylic acids is 1. The third-order valence-electron chi connectivity index (χ3n) is 3.18. The number of likely N-dealkylation sites (tertiary alicyclic amines) is 1. The highest BCUT2D eigenvalue weighted by molar-refractivity contribution is 5.69. The van der Waals surface area contributed by atoms with Crippen molar-refractivity contribution in [1.29, 1.82) is 0 Å². The number of carbonyl (C=O) groups is 1. The van der Waals surface area contributed by atoms with E-state index in [1.165, 1.54) is 12.8 Å². The fourth-order valence-electron chi connectivity index (χ4n) is 2.06. The molecule has 1 saturated heterocycles. The molecule has 0 aromatic heterocycles. The second-order valence-corrected chi connectivity index (χ2v) is 4.72. The van der Waals surface area contributed by atoms with Crippen LogP contribution in [0.15, 0.2) is 0 Å². The molecule has 0 aromatic rings. The topological polar surface area (TPSA) is 40.5 Å². The molecule has 3 nitrogen and oxygen atoms in total. The van der Waals surface area contributed by atoms with Crippen molar-refractivity contribution in [2.45, 2.75) is 39.7 Å². The molecule has 3 atom stereocenters. The van der Waals surface area contributed by atoms with Crippen LogP contribution >= 0.6 is 0 Å². The molecule has 1 rings (SSSR count). The Kier molecular flexibility index (Phi) is 3.93. The van der Waals surface area contributed by atoms with Gasteiger partial charge < -0.3 is 5.11 Å². The van der Waals surface area contributed by atoms with Crippen molar-refractivity contribution in [1.82, 2.24) is 4.90 Å². The summed E-state index contributed by atoms with van der Waals surface area (Å²) in [6, 6.07) is 0.549. The van der Waals surface area contributed by atoms with Gasteiger partial charge in [0, 0.05) is 19.1 Å². The summed E-state index contributed by atoms with van der Waals surface area (Å²) in [6.45, 7) is 7.97. The number of piperidine rings is 1. The first-order valence-corrected chi connectivity index (χ1v) is 5.47. The lowest BCUT2D eigenvalue weighted by Crippen LogP contribution is -2.44. The minimum atomic E-state index is -0.685. The smallest absolute Gasteiger partial charge is 0.307 e. The number of rotatable bonds is 3. The Labute approximate surface area is 86.1 Å². The molecule has 3 heteroatoms. The highest BCUT2D eigenvalue weighted by atomic mass is 16.4. The van der Waals surface area contributed by atoms with Crippen molar-refractivity contribution in [2.75, 3.05) is 13.1 Å². The fraction of sp³-hybridized carbons (Fsp3) is 0.909. The first-order chi connectivity index (χ1) is 6.50.